The van der Waals surface area contributed by atoms with E-state index in [1.165, 1.54) is 12.3 Å². The molecule has 0 saturated carbocycles. The Balaban J connectivity index is 2.26. The van der Waals surface area contributed by atoms with Crippen LogP contribution in [0, 0.1) is 5.92 Å². The molecule has 3 nitrogen and oxygen atoms in total. The van der Waals surface area contributed by atoms with Crippen LogP contribution in [0.2, 0.25) is 0 Å². The van der Waals surface area contributed by atoms with Crippen molar-refractivity contribution in [3.05, 3.63) is 23.9 Å². The van der Waals surface area contributed by atoms with Gasteiger partial charge in [-0.1, -0.05) is 0 Å². The minimum Gasteiger partial charge on any atom is -0.353 e. The fourth-order valence-corrected chi connectivity index (χ4v) is 2.75. The molecule has 2 heterocycles. The van der Waals surface area contributed by atoms with Gasteiger partial charge in [0.25, 0.3) is 0 Å². The number of nitrogens with zero attached hydrogens (tertiary/aromatic N) is 2. The molecule has 0 aliphatic carbocycles. The standard InChI is InChI=1S/C15H22F3N3/c1-11(2)21(10-12-5-3-7-19-9-12)14-13(15(16,17)18)6-4-8-20-14/h4,6,8,11-12,19H,3,5,7,9-10H2,1-2H3. The molecule has 6 heteroatoms. The molecule has 1 aromatic heterocycles. The number of hydrogen-bond donors (Lipinski definition) is 1. The van der Waals surface area contributed by atoms with E-state index in [1.54, 1.807) is 4.90 Å². The van der Waals surface area contributed by atoms with E-state index in [1.807, 2.05) is 13.8 Å². The molecule has 1 atom stereocenters. The predicted octanol–water partition coefficient (Wildman–Crippen LogP) is 3.31. The second-order valence-corrected chi connectivity index (χ2v) is 5.83. The smallest absolute Gasteiger partial charge is 0.353 e. The Morgan fingerprint density at radius 2 is 2.19 bits per heavy atom. The molecule has 1 aliphatic heterocycles. The molecule has 118 valence electrons. The van der Waals surface area contributed by atoms with Crippen molar-refractivity contribution in [2.75, 3.05) is 24.5 Å². The molecular formula is C15H22F3N3. The summed E-state index contributed by atoms with van der Waals surface area (Å²) in [6, 6.07) is 2.42. The first-order valence-corrected chi connectivity index (χ1v) is 7.39. The maximum Gasteiger partial charge on any atom is 0.419 e. The van der Waals surface area contributed by atoms with Gasteiger partial charge in [-0.25, -0.2) is 4.98 Å². The highest BCUT2D eigenvalue weighted by Crippen LogP contribution is 2.36. The number of nitrogens with one attached hydrogen (secondary N) is 1. The van der Waals surface area contributed by atoms with Gasteiger partial charge in [0, 0.05) is 18.8 Å². The van der Waals surface area contributed by atoms with Crippen LogP contribution >= 0.6 is 0 Å². The van der Waals surface area contributed by atoms with E-state index >= 15 is 0 Å². The number of aromatic nitrogens is 1. The van der Waals surface area contributed by atoms with Crippen LogP contribution in [0.25, 0.3) is 0 Å². The van der Waals surface area contributed by atoms with E-state index in [0.29, 0.717) is 12.5 Å². The summed E-state index contributed by atoms with van der Waals surface area (Å²) in [5.74, 6) is 0.412. The Hall–Kier alpha value is -1.30. The average Bonchev–Trinajstić information content (AvgIpc) is 2.45. The molecule has 0 radical (unpaired) electrons. The lowest BCUT2D eigenvalue weighted by Crippen LogP contribution is -2.42. The predicted molar refractivity (Wildman–Crippen MR) is 77.3 cm³/mol. The first kappa shape index (κ1) is 16.1. The fraction of sp³-hybridized carbons (Fsp3) is 0.667. The van der Waals surface area contributed by atoms with E-state index in [2.05, 4.69) is 10.3 Å². The first-order chi connectivity index (χ1) is 9.89. The van der Waals surface area contributed by atoms with E-state index in [-0.39, 0.29) is 11.9 Å². The van der Waals surface area contributed by atoms with Gasteiger partial charge in [0.15, 0.2) is 0 Å². The average molecular weight is 301 g/mol. The Bertz CT molecular complexity index is 454. The van der Waals surface area contributed by atoms with Crippen LogP contribution < -0.4 is 10.2 Å². The van der Waals surface area contributed by atoms with Gasteiger partial charge in [-0.15, -0.1) is 0 Å². The van der Waals surface area contributed by atoms with Crippen molar-refractivity contribution in [3.63, 3.8) is 0 Å². The van der Waals surface area contributed by atoms with Crippen molar-refractivity contribution in [2.24, 2.45) is 5.92 Å². The van der Waals surface area contributed by atoms with Crippen LogP contribution in [-0.4, -0.2) is 30.7 Å². The Morgan fingerprint density at radius 3 is 2.76 bits per heavy atom. The van der Waals surface area contributed by atoms with Gasteiger partial charge in [-0.2, -0.15) is 13.2 Å². The normalized spacial score (nSPS) is 19.8. The number of hydrogen-bond acceptors (Lipinski definition) is 3. The highest BCUT2D eigenvalue weighted by Gasteiger charge is 2.36. The van der Waals surface area contributed by atoms with Gasteiger partial charge in [-0.3, -0.25) is 0 Å². The van der Waals surface area contributed by atoms with Gasteiger partial charge >= 0.3 is 6.18 Å². The molecule has 2 rings (SSSR count). The second kappa shape index (κ2) is 6.64. The van der Waals surface area contributed by atoms with E-state index < -0.39 is 11.7 Å². The number of halogens is 3. The van der Waals surface area contributed by atoms with Gasteiger partial charge < -0.3 is 10.2 Å². The van der Waals surface area contributed by atoms with Gasteiger partial charge in [-0.05, 0) is 57.8 Å². The summed E-state index contributed by atoms with van der Waals surface area (Å²) in [5.41, 5.74) is -0.650. The van der Waals surface area contributed by atoms with Crippen molar-refractivity contribution >= 4 is 5.82 Å². The van der Waals surface area contributed by atoms with E-state index in [9.17, 15) is 13.2 Å². The van der Waals surface area contributed by atoms with Crippen molar-refractivity contribution in [3.8, 4) is 0 Å². The topological polar surface area (TPSA) is 28.2 Å². The molecule has 1 fully saturated rings. The maximum absolute atomic E-state index is 13.2. The number of anilines is 1. The number of alkyl halides is 3. The Labute approximate surface area is 123 Å². The summed E-state index contributed by atoms with van der Waals surface area (Å²) in [5, 5.41) is 3.31. The van der Waals surface area contributed by atoms with Crippen LogP contribution in [0.1, 0.15) is 32.3 Å². The zero-order chi connectivity index (χ0) is 15.5. The van der Waals surface area contributed by atoms with Crippen molar-refractivity contribution < 1.29 is 13.2 Å². The lowest BCUT2D eigenvalue weighted by atomic mass is 9.98. The van der Waals surface area contributed by atoms with Crippen LogP contribution in [0.4, 0.5) is 19.0 Å². The van der Waals surface area contributed by atoms with E-state index in [4.69, 9.17) is 0 Å². The van der Waals surface area contributed by atoms with Gasteiger partial charge in [0.05, 0.1) is 5.56 Å². The zero-order valence-corrected chi connectivity index (χ0v) is 12.5. The molecule has 0 spiro atoms. The molecular weight excluding hydrogens is 279 g/mol. The number of pyridine rings is 1. The molecule has 0 amide bonds. The van der Waals surface area contributed by atoms with Crippen molar-refractivity contribution in [1.29, 1.82) is 0 Å². The van der Waals surface area contributed by atoms with Gasteiger partial charge in [0.1, 0.15) is 5.82 Å². The van der Waals surface area contributed by atoms with Crippen LogP contribution in [0.15, 0.2) is 18.3 Å². The van der Waals surface area contributed by atoms with E-state index in [0.717, 1.165) is 32.0 Å². The van der Waals surface area contributed by atoms with Crippen molar-refractivity contribution in [1.82, 2.24) is 10.3 Å². The molecule has 1 N–H and O–H groups in total. The largest absolute Gasteiger partial charge is 0.419 e. The third-order valence-electron chi connectivity index (χ3n) is 3.84. The summed E-state index contributed by atoms with van der Waals surface area (Å²) < 4.78 is 39.5. The molecule has 21 heavy (non-hydrogen) atoms. The molecule has 1 aliphatic rings. The minimum atomic E-state index is -4.37. The highest BCUT2D eigenvalue weighted by molar-refractivity contribution is 5.49. The molecule has 1 unspecified atom stereocenters. The Morgan fingerprint density at radius 1 is 1.43 bits per heavy atom. The zero-order valence-electron chi connectivity index (χ0n) is 12.5. The Kier molecular flexibility index (Phi) is 5.08. The van der Waals surface area contributed by atoms with Crippen molar-refractivity contribution in [2.45, 2.75) is 38.9 Å². The van der Waals surface area contributed by atoms with Gasteiger partial charge in [0.2, 0.25) is 0 Å². The number of piperidine rings is 1. The third-order valence-corrected chi connectivity index (χ3v) is 3.84. The van der Waals surface area contributed by atoms with Crippen LogP contribution in [0.3, 0.4) is 0 Å². The fourth-order valence-electron chi connectivity index (χ4n) is 2.75. The molecule has 1 saturated heterocycles. The lowest BCUT2D eigenvalue weighted by molar-refractivity contribution is -0.137. The summed E-state index contributed by atoms with van der Waals surface area (Å²) in [6.07, 6.45) is -0.823. The first-order valence-electron chi connectivity index (χ1n) is 7.39. The quantitative estimate of drug-likeness (QED) is 0.925. The summed E-state index contributed by atoms with van der Waals surface area (Å²) in [7, 11) is 0. The SMILES string of the molecule is CC(C)N(CC1CCCNC1)c1ncccc1C(F)(F)F. The monoisotopic (exact) mass is 301 g/mol. The molecule has 0 bridgehead atoms. The summed E-state index contributed by atoms with van der Waals surface area (Å²) in [6.45, 7) is 6.27. The lowest BCUT2D eigenvalue weighted by Gasteiger charge is -2.35. The number of rotatable bonds is 4. The van der Waals surface area contributed by atoms with Crippen LogP contribution in [-0.2, 0) is 6.18 Å². The third kappa shape index (κ3) is 4.09. The second-order valence-electron chi connectivity index (χ2n) is 5.83. The summed E-state index contributed by atoms with van der Waals surface area (Å²) >= 11 is 0. The van der Waals surface area contributed by atoms with Crippen LogP contribution in [0.5, 0.6) is 0 Å². The molecule has 1 aromatic rings. The molecule has 0 aromatic carbocycles. The minimum absolute atomic E-state index is 0.0251. The highest BCUT2D eigenvalue weighted by atomic mass is 19.4. The summed E-state index contributed by atoms with van der Waals surface area (Å²) in [4.78, 5) is 5.80. The maximum atomic E-state index is 13.2.